The summed E-state index contributed by atoms with van der Waals surface area (Å²) in [4.78, 5) is 16.1. The van der Waals surface area contributed by atoms with E-state index in [0.717, 1.165) is 6.20 Å². The normalized spacial score (nSPS) is 21.2. The van der Waals surface area contributed by atoms with Gasteiger partial charge in [0.2, 0.25) is 0 Å². The Kier molecular flexibility index (Phi) is 4.57. The van der Waals surface area contributed by atoms with Crippen LogP contribution in [0.3, 0.4) is 0 Å². The second-order valence-corrected chi connectivity index (χ2v) is 7.11. The molecule has 0 bridgehead atoms. The van der Waals surface area contributed by atoms with Gasteiger partial charge in [-0.15, -0.1) is 0 Å². The summed E-state index contributed by atoms with van der Waals surface area (Å²) in [5.74, 6) is -1.31. The highest BCUT2D eigenvalue weighted by Gasteiger charge is 2.33. The van der Waals surface area contributed by atoms with Gasteiger partial charge in [-0.05, 0) is 6.42 Å². The molecule has 0 radical (unpaired) electrons. The van der Waals surface area contributed by atoms with E-state index in [-0.39, 0.29) is 23.9 Å². The lowest BCUT2D eigenvalue weighted by atomic mass is 10.2. The Bertz CT molecular complexity index is 617. The number of carboxylic acid groups (broad SMARTS) is 1. The lowest BCUT2D eigenvalue weighted by molar-refractivity contribution is -0.139. The van der Waals surface area contributed by atoms with E-state index < -0.39 is 34.9 Å². The summed E-state index contributed by atoms with van der Waals surface area (Å²) in [6.45, 7) is -3.33. The topological polar surface area (TPSA) is 92.5 Å². The SMILES string of the molecule is O=C(O)CN(Cc1nccn1C(F)F)[C@H]1CCS(=O)(=O)C1. The molecule has 1 aromatic heterocycles. The van der Waals surface area contributed by atoms with Crippen molar-refractivity contribution in [2.24, 2.45) is 0 Å². The fraction of sp³-hybridized carbons (Fsp3) is 0.636. The summed E-state index contributed by atoms with van der Waals surface area (Å²) < 4.78 is 49.2. The number of alkyl halides is 2. The van der Waals surface area contributed by atoms with Gasteiger partial charge in [0.25, 0.3) is 0 Å². The third-order valence-corrected chi connectivity index (χ3v) is 5.12. The van der Waals surface area contributed by atoms with Gasteiger partial charge in [0.1, 0.15) is 5.82 Å². The Labute approximate surface area is 120 Å². The Hall–Kier alpha value is -1.55. The molecule has 0 unspecified atom stereocenters. The number of hydrogen-bond donors (Lipinski definition) is 1. The molecule has 0 saturated carbocycles. The smallest absolute Gasteiger partial charge is 0.319 e. The first-order valence-corrected chi connectivity index (χ1v) is 8.07. The number of imidazole rings is 1. The van der Waals surface area contributed by atoms with E-state index >= 15 is 0 Å². The lowest BCUT2D eigenvalue weighted by Crippen LogP contribution is -2.40. The number of hydrogen-bond acceptors (Lipinski definition) is 5. The summed E-state index contributed by atoms with van der Waals surface area (Å²) >= 11 is 0. The van der Waals surface area contributed by atoms with Gasteiger partial charge in [-0.25, -0.2) is 13.4 Å². The number of nitrogens with zero attached hydrogens (tertiary/aromatic N) is 3. The van der Waals surface area contributed by atoms with Crippen molar-refractivity contribution in [3.63, 3.8) is 0 Å². The number of carbonyl (C=O) groups is 1. The molecule has 7 nitrogen and oxygen atoms in total. The minimum Gasteiger partial charge on any atom is -0.480 e. The van der Waals surface area contributed by atoms with Gasteiger partial charge in [0.05, 0.1) is 24.6 Å². The number of carboxylic acids is 1. The first kappa shape index (κ1) is 15.8. The van der Waals surface area contributed by atoms with Crippen molar-refractivity contribution < 1.29 is 27.1 Å². The predicted octanol–water partition coefficient (Wildman–Crippen LogP) is 0.352. The number of aliphatic carboxylic acids is 1. The van der Waals surface area contributed by atoms with E-state index in [9.17, 15) is 22.0 Å². The summed E-state index contributed by atoms with van der Waals surface area (Å²) in [7, 11) is -3.19. The molecule has 1 saturated heterocycles. The fourth-order valence-electron chi connectivity index (χ4n) is 2.38. The number of sulfone groups is 1. The van der Waals surface area contributed by atoms with Gasteiger partial charge >= 0.3 is 12.5 Å². The van der Waals surface area contributed by atoms with Crippen molar-refractivity contribution in [1.82, 2.24) is 14.5 Å². The van der Waals surface area contributed by atoms with E-state index in [2.05, 4.69) is 4.98 Å². The van der Waals surface area contributed by atoms with Crippen LogP contribution in [0.25, 0.3) is 0 Å². The third-order valence-electron chi connectivity index (χ3n) is 3.37. The Morgan fingerprint density at radius 1 is 1.57 bits per heavy atom. The first-order valence-electron chi connectivity index (χ1n) is 6.24. The predicted molar refractivity (Wildman–Crippen MR) is 68.6 cm³/mol. The van der Waals surface area contributed by atoms with E-state index in [1.807, 2.05) is 0 Å². The molecule has 1 aromatic rings. The van der Waals surface area contributed by atoms with Crippen LogP contribution in [-0.4, -0.2) is 58.0 Å². The van der Waals surface area contributed by atoms with E-state index in [0.29, 0.717) is 11.0 Å². The summed E-state index contributed by atoms with van der Waals surface area (Å²) in [6, 6.07) is -0.492. The van der Waals surface area contributed by atoms with Crippen LogP contribution in [0.5, 0.6) is 0 Å². The second kappa shape index (κ2) is 6.06. The highest BCUT2D eigenvalue weighted by atomic mass is 32.2. The molecule has 0 spiro atoms. The van der Waals surface area contributed by atoms with Gasteiger partial charge in [0, 0.05) is 18.4 Å². The highest BCUT2D eigenvalue weighted by molar-refractivity contribution is 7.91. The van der Waals surface area contributed by atoms with E-state index in [1.165, 1.54) is 11.1 Å². The van der Waals surface area contributed by atoms with Crippen LogP contribution < -0.4 is 0 Å². The van der Waals surface area contributed by atoms with Crippen molar-refractivity contribution in [2.45, 2.75) is 25.6 Å². The van der Waals surface area contributed by atoms with Crippen LogP contribution in [0, 0.1) is 0 Å². The third kappa shape index (κ3) is 3.97. The maximum absolute atomic E-state index is 12.8. The maximum Gasteiger partial charge on any atom is 0.319 e. The summed E-state index contributed by atoms with van der Waals surface area (Å²) in [6.07, 6.45) is 2.60. The maximum atomic E-state index is 12.8. The molecule has 21 heavy (non-hydrogen) atoms. The molecule has 0 aromatic carbocycles. The van der Waals surface area contributed by atoms with E-state index in [1.54, 1.807) is 0 Å². The van der Waals surface area contributed by atoms with Crippen LogP contribution >= 0.6 is 0 Å². The molecule has 2 rings (SSSR count). The van der Waals surface area contributed by atoms with Crippen LogP contribution in [0.15, 0.2) is 12.4 Å². The molecular formula is C11H15F2N3O4S. The second-order valence-electron chi connectivity index (χ2n) is 4.88. The molecule has 0 aliphatic carbocycles. The Morgan fingerprint density at radius 3 is 2.81 bits per heavy atom. The summed E-state index contributed by atoms with van der Waals surface area (Å²) in [5, 5.41) is 8.91. The molecule has 1 aliphatic rings. The zero-order chi connectivity index (χ0) is 15.6. The van der Waals surface area contributed by atoms with Gasteiger partial charge in [-0.3, -0.25) is 14.3 Å². The molecule has 10 heteroatoms. The van der Waals surface area contributed by atoms with Crippen LogP contribution in [-0.2, 0) is 21.2 Å². The lowest BCUT2D eigenvalue weighted by Gasteiger charge is -2.26. The van der Waals surface area contributed by atoms with Crippen molar-refractivity contribution in [3.05, 3.63) is 18.2 Å². The standard InChI is InChI=1S/C11H15F2N3O4S/c12-11(13)16-3-2-14-9(16)5-15(6-10(17)18)8-1-4-21(19,20)7-8/h2-3,8,11H,1,4-7H2,(H,17,18)/t8-/m0/s1. The molecular weight excluding hydrogens is 308 g/mol. The van der Waals surface area contributed by atoms with Gasteiger partial charge in [0.15, 0.2) is 9.84 Å². The zero-order valence-electron chi connectivity index (χ0n) is 11.0. The summed E-state index contributed by atoms with van der Waals surface area (Å²) in [5.41, 5.74) is 0. The molecule has 0 amide bonds. The van der Waals surface area contributed by atoms with Crippen LogP contribution in [0.4, 0.5) is 8.78 Å². The van der Waals surface area contributed by atoms with Crippen molar-refractivity contribution >= 4 is 15.8 Å². The number of aromatic nitrogens is 2. The number of halogens is 2. The van der Waals surface area contributed by atoms with Crippen molar-refractivity contribution in [2.75, 3.05) is 18.1 Å². The van der Waals surface area contributed by atoms with Crippen molar-refractivity contribution in [3.8, 4) is 0 Å². The minimum absolute atomic E-state index is 0.00977. The van der Waals surface area contributed by atoms with E-state index in [4.69, 9.17) is 5.11 Å². The molecule has 1 fully saturated rings. The van der Waals surface area contributed by atoms with Gasteiger partial charge in [-0.1, -0.05) is 0 Å². The molecule has 1 atom stereocenters. The largest absolute Gasteiger partial charge is 0.480 e. The quantitative estimate of drug-likeness (QED) is 0.812. The average Bonchev–Trinajstić information content (AvgIpc) is 2.94. The molecule has 2 heterocycles. The Morgan fingerprint density at radius 2 is 2.29 bits per heavy atom. The highest BCUT2D eigenvalue weighted by Crippen LogP contribution is 2.21. The molecule has 118 valence electrons. The fourth-order valence-corrected chi connectivity index (χ4v) is 4.14. The van der Waals surface area contributed by atoms with Crippen LogP contribution in [0.2, 0.25) is 0 Å². The molecule has 1 N–H and O–H groups in total. The van der Waals surface area contributed by atoms with Gasteiger partial charge < -0.3 is 5.11 Å². The first-order chi connectivity index (χ1) is 9.78. The van der Waals surface area contributed by atoms with Crippen molar-refractivity contribution in [1.29, 1.82) is 0 Å². The Balaban J connectivity index is 2.17. The molecule has 1 aliphatic heterocycles. The monoisotopic (exact) mass is 323 g/mol. The average molecular weight is 323 g/mol. The number of rotatable bonds is 6. The minimum atomic E-state index is -3.19. The zero-order valence-corrected chi connectivity index (χ0v) is 11.8. The van der Waals surface area contributed by atoms with Gasteiger partial charge in [-0.2, -0.15) is 8.78 Å². The van der Waals surface area contributed by atoms with Crippen LogP contribution in [0.1, 0.15) is 18.8 Å².